The first-order valence-electron chi connectivity index (χ1n) is 4.36. The molecule has 0 unspecified atom stereocenters. The minimum atomic E-state index is -0.466. The molecule has 15 heavy (non-hydrogen) atoms. The molecule has 0 spiro atoms. The summed E-state index contributed by atoms with van der Waals surface area (Å²) in [4.78, 5) is 22.5. The standard InChI is InChI=1S/C10H9NO4/c1-14-6-2-3-8-7(4-6)10(13)11-9(12)5-15-8/h2-4H,5H2,1H3,(H,11,12,13). The van der Waals surface area contributed by atoms with Gasteiger partial charge in [-0.2, -0.15) is 0 Å². The molecule has 1 aliphatic heterocycles. The Morgan fingerprint density at radius 3 is 2.93 bits per heavy atom. The molecule has 0 saturated heterocycles. The maximum absolute atomic E-state index is 11.5. The maximum Gasteiger partial charge on any atom is 0.264 e. The van der Waals surface area contributed by atoms with Gasteiger partial charge in [-0.25, -0.2) is 0 Å². The van der Waals surface area contributed by atoms with E-state index < -0.39 is 11.8 Å². The number of amides is 2. The molecule has 0 radical (unpaired) electrons. The largest absolute Gasteiger partial charge is 0.497 e. The van der Waals surface area contributed by atoms with Crippen molar-refractivity contribution in [2.75, 3.05) is 13.7 Å². The number of nitrogens with one attached hydrogen (secondary N) is 1. The summed E-state index contributed by atoms with van der Waals surface area (Å²) in [7, 11) is 1.50. The van der Waals surface area contributed by atoms with E-state index in [4.69, 9.17) is 9.47 Å². The van der Waals surface area contributed by atoms with Gasteiger partial charge in [0.05, 0.1) is 12.7 Å². The number of carbonyl (C=O) groups is 2. The molecular formula is C10H9NO4. The summed E-state index contributed by atoms with van der Waals surface area (Å²) in [6.07, 6.45) is 0. The summed E-state index contributed by atoms with van der Waals surface area (Å²) in [6, 6.07) is 4.80. The van der Waals surface area contributed by atoms with Crippen LogP contribution in [0.1, 0.15) is 10.4 Å². The van der Waals surface area contributed by atoms with Crippen molar-refractivity contribution >= 4 is 11.8 Å². The van der Waals surface area contributed by atoms with Gasteiger partial charge in [0, 0.05) is 0 Å². The van der Waals surface area contributed by atoms with E-state index in [0.717, 1.165) is 0 Å². The Kier molecular flexibility index (Phi) is 2.29. The lowest BCUT2D eigenvalue weighted by molar-refractivity contribution is -0.121. The smallest absolute Gasteiger partial charge is 0.264 e. The molecule has 2 amide bonds. The predicted octanol–water partition coefficient (Wildman–Crippen LogP) is 0.344. The van der Waals surface area contributed by atoms with Gasteiger partial charge in [-0.15, -0.1) is 0 Å². The molecule has 0 atom stereocenters. The predicted molar refractivity (Wildman–Crippen MR) is 51.0 cm³/mol. The lowest BCUT2D eigenvalue weighted by Crippen LogP contribution is -2.31. The third-order valence-electron chi connectivity index (χ3n) is 2.04. The average Bonchev–Trinajstić information content (AvgIpc) is 2.38. The molecule has 2 rings (SSSR count). The van der Waals surface area contributed by atoms with E-state index in [2.05, 4.69) is 5.32 Å². The zero-order valence-electron chi connectivity index (χ0n) is 8.07. The third-order valence-corrected chi connectivity index (χ3v) is 2.04. The van der Waals surface area contributed by atoms with Gasteiger partial charge in [-0.3, -0.25) is 14.9 Å². The Balaban J connectivity index is 2.45. The highest BCUT2D eigenvalue weighted by Crippen LogP contribution is 2.25. The molecule has 0 aliphatic carbocycles. The van der Waals surface area contributed by atoms with Crippen molar-refractivity contribution in [3.63, 3.8) is 0 Å². The molecular weight excluding hydrogens is 198 g/mol. The quantitative estimate of drug-likeness (QED) is 0.674. The topological polar surface area (TPSA) is 64.6 Å². The van der Waals surface area contributed by atoms with Crippen molar-refractivity contribution in [1.29, 1.82) is 0 Å². The highest BCUT2D eigenvalue weighted by Gasteiger charge is 2.21. The highest BCUT2D eigenvalue weighted by atomic mass is 16.5. The van der Waals surface area contributed by atoms with Gasteiger partial charge < -0.3 is 9.47 Å². The molecule has 5 nitrogen and oxygen atoms in total. The summed E-state index contributed by atoms with van der Waals surface area (Å²) in [5.74, 6) is 0.0163. The molecule has 0 saturated carbocycles. The van der Waals surface area contributed by atoms with Crippen LogP contribution in [-0.2, 0) is 4.79 Å². The van der Waals surface area contributed by atoms with E-state index in [0.29, 0.717) is 17.1 Å². The third kappa shape index (κ3) is 1.76. The van der Waals surface area contributed by atoms with Gasteiger partial charge in [-0.05, 0) is 18.2 Å². The van der Waals surface area contributed by atoms with Crippen molar-refractivity contribution in [3.8, 4) is 11.5 Å². The highest BCUT2D eigenvalue weighted by molar-refractivity contribution is 6.07. The monoisotopic (exact) mass is 207 g/mol. The Morgan fingerprint density at radius 1 is 1.40 bits per heavy atom. The number of fused-ring (bicyclic) bond motifs is 1. The molecule has 1 aromatic rings. The van der Waals surface area contributed by atoms with Gasteiger partial charge in [0.15, 0.2) is 6.61 Å². The number of hydrogen-bond acceptors (Lipinski definition) is 4. The number of hydrogen-bond donors (Lipinski definition) is 1. The van der Waals surface area contributed by atoms with Crippen LogP contribution >= 0.6 is 0 Å². The van der Waals surface area contributed by atoms with Crippen LogP contribution in [0.15, 0.2) is 18.2 Å². The Labute approximate surface area is 86.0 Å². The molecule has 5 heteroatoms. The second-order valence-corrected chi connectivity index (χ2v) is 3.03. The summed E-state index contributed by atoms with van der Waals surface area (Å²) in [5.41, 5.74) is 0.306. The fourth-order valence-corrected chi connectivity index (χ4v) is 1.31. The van der Waals surface area contributed by atoms with Gasteiger partial charge in [0.25, 0.3) is 11.8 Å². The first-order valence-corrected chi connectivity index (χ1v) is 4.36. The first kappa shape index (κ1) is 9.51. The van der Waals surface area contributed by atoms with E-state index in [1.807, 2.05) is 0 Å². The van der Waals surface area contributed by atoms with Crippen LogP contribution in [0.4, 0.5) is 0 Å². The van der Waals surface area contributed by atoms with E-state index in [1.54, 1.807) is 12.1 Å². The number of methoxy groups -OCH3 is 1. The second kappa shape index (κ2) is 3.61. The summed E-state index contributed by atoms with van der Waals surface area (Å²) < 4.78 is 10.1. The van der Waals surface area contributed by atoms with Crippen molar-refractivity contribution in [2.24, 2.45) is 0 Å². The van der Waals surface area contributed by atoms with Gasteiger partial charge in [0.2, 0.25) is 0 Å². The number of ether oxygens (including phenoxy) is 2. The van der Waals surface area contributed by atoms with Crippen molar-refractivity contribution in [2.45, 2.75) is 0 Å². The normalized spacial score (nSPS) is 14.7. The molecule has 1 N–H and O–H groups in total. The summed E-state index contributed by atoms with van der Waals surface area (Å²) in [5, 5.41) is 2.19. The van der Waals surface area contributed by atoms with Crippen LogP contribution in [0, 0.1) is 0 Å². The minimum absolute atomic E-state index is 0.148. The maximum atomic E-state index is 11.5. The fraction of sp³-hybridized carbons (Fsp3) is 0.200. The Bertz CT molecular complexity index is 427. The lowest BCUT2D eigenvalue weighted by atomic mass is 10.2. The zero-order valence-corrected chi connectivity index (χ0v) is 8.07. The molecule has 0 bridgehead atoms. The number of carbonyl (C=O) groups excluding carboxylic acids is 2. The van der Waals surface area contributed by atoms with E-state index >= 15 is 0 Å². The second-order valence-electron chi connectivity index (χ2n) is 3.03. The zero-order chi connectivity index (χ0) is 10.8. The fourth-order valence-electron chi connectivity index (χ4n) is 1.31. The molecule has 1 aromatic carbocycles. The van der Waals surface area contributed by atoms with Crippen LogP contribution in [0.5, 0.6) is 11.5 Å². The van der Waals surface area contributed by atoms with Crippen LogP contribution in [0.2, 0.25) is 0 Å². The Hall–Kier alpha value is -2.04. The van der Waals surface area contributed by atoms with Crippen molar-refractivity contribution < 1.29 is 19.1 Å². The van der Waals surface area contributed by atoms with E-state index in [9.17, 15) is 9.59 Å². The minimum Gasteiger partial charge on any atom is -0.497 e. The van der Waals surface area contributed by atoms with E-state index in [-0.39, 0.29) is 6.61 Å². The van der Waals surface area contributed by atoms with Gasteiger partial charge in [0.1, 0.15) is 11.5 Å². The van der Waals surface area contributed by atoms with Crippen molar-refractivity contribution in [1.82, 2.24) is 5.32 Å². The summed E-state index contributed by atoms with van der Waals surface area (Å²) in [6.45, 7) is -0.148. The molecule has 1 aliphatic rings. The average molecular weight is 207 g/mol. The molecule has 0 fully saturated rings. The molecule has 78 valence electrons. The number of benzene rings is 1. The van der Waals surface area contributed by atoms with Crippen molar-refractivity contribution in [3.05, 3.63) is 23.8 Å². The van der Waals surface area contributed by atoms with Crippen LogP contribution < -0.4 is 14.8 Å². The van der Waals surface area contributed by atoms with Crippen LogP contribution in [0.25, 0.3) is 0 Å². The first-order chi connectivity index (χ1) is 7.20. The lowest BCUT2D eigenvalue weighted by Gasteiger charge is -2.06. The van der Waals surface area contributed by atoms with Crippen LogP contribution in [-0.4, -0.2) is 25.5 Å². The van der Waals surface area contributed by atoms with Gasteiger partial charge >= 0.3 is 0 Å². The molecule has 1 heterocycles. The summed E-state index contributed by atoms with van der Waals surface area (Å²) >= 11 is 0. The SMILES string of the molecule is COc1ccc2c(c1)C(=O)NC(=O)CO2. The molecule has 0 aromatic heterocycles. The van der Waals surface area contributed by atoms with E-state index in [1.165, 1.54) is 13.2 Å². The van der Waals surface area contributed by atoms with Crippen LogP contribution in [0.3, 0.4) is 0 Å². The number of rotatable bonds is 1. The Morgan fingerprint density at radius 2 is 2.20 bits per heavy atom. The van der Waals surface area contributed by atoms with Gasteiger partial charge in [-0.1, -0.05) is 0 Å². The number of imide groups is 1.